The topological polar surface area (TPSA) is 155 Å². The fraction of sp³-hybridized carbons (Fsp3) is 0.333. The minimum atomic E-state index is -1.18. The highest BCUT2D eigenvalue weighted by Gasteiger charge is 2.28. The van der Waals surface area contributed by atoms with Crippen LogP contribution >= 0.6 is 0 Å². The molecule has 1 heterocycles. The van der Waals surface area contributed by atoms with Crippen LogP contribution in [0, 0.1) is 6.92 Å². The van der Waals surface area contributed by atoms with E-state index in [1.165, 1.54) is 25.3 Å². The maximum atomic E-state index is 13.2. The molecular weight excluding hydrogens is 440 g/mol. The summed E-state index contributed by atoms with van der Waals surface area (Å²) in [5, 5.41) is 24.1. The zero-order valence-electron chi connectivity index (χ0n) is 19.1. The number of likely N-dealkylation sites (tertiary alicyclic amines) is 1. The van der Waals surface area contributed by atoms with Crippen LogP contribution < -0.4 is 15.8 Å². The molecule has 0 radical (unpaired) electrons. The molecule has 0 bridgehead atoms. The number of nitrogens with zero attached hydrogens (tertiary/aromatic N) is 2. The molecule has 10 heteroatoms. The molecule has 0 aromatic heterocycles. The summed E-state index contributed by atoms with van der Waals surface area (Å²) in [7, 11) is 1.40. The number of benzene rings is 2. The van der Waals surface area contributed by atoms with E-state index >= 15 is 0 Å². The zero-order chi connectivity index (χ0) is 24.8. The van der Waals surface area contributed by atoms with Crippen LogP contribution in [0.5, 0.6) is 5.75 Å². The first-order valence-electron chi connectivity index (χ1n) is 10.8. The van der Waals surface area contributed by atoms with Gasteiger partial charge in [0.2, 0.25) is 5.91 Å². The Labute approximate surface area is 197 Å². The van der Waals surface area contributed by atoms with Gasteiger partial charge in [-0.25, -0.2) is 0 Å². The summed E-state index contributed by atoms with van der Waals surface area (Å²) in [6, 6.07) is 9.49. The second-order valence-electron chi connectivity index (χ2n) is 8.11. The summed E-state index contributed by atoms with van der Waals surface area (Å²) in [5.41, 5.74) is 7.96. The van der Waals surface area contributed by atoms with E-state index in [1.807, 2.05) is 4.90 Å². The van der Waals surface area contributed by atoms with Gasteiger partial charge in [-0.15, -0.1) is 0 Å². The summed E-state index contributed by atoms with van der Waals surface area (Å²) in [5.74, 6) is -2.81. The molecule has 0 saturated carbocycles. The minimum absolute atomic E-state index is 0.0404. The van der Waals surface area contributed by atoms with E-state index < -0.39 is 24.2 Å². The van der Waals surface area contributed by atoms with E-state index in [4.69, 9.17) is 15.7 Å². The average molecular weight is 469 g/mol. The third-order valence-corrected chi connectivity index (χ3v) is 5.82. The van der Waals surface area contributed by atoms with Crippen molar-refractivity contribution in [1.29, 1.82) is 0 Å². The van der Waals surface area contributed by atoms with Gasteiger partial charge >= 0.3 is 5.97 Å². The van der Waals surface area contributed by atoms with Crippen LogP contribution in [0.15, 0.2) is 41.6 Å². The van der Waals surface area contributed by atoms with E-state index in [2.05, 4.69) is 10.5 Å². The molecular formula is C24H28N4O6. The molecule has 3 rings (SSSR count). The van der Waals surface area contributed by atoms with Crippen LogP contribution in [-0.2, 0) is 9.59 Å². The molecule has 0 spiro atoms. The van der Waals surface area contributed by atoms with Crippen molar-refractivity contribution in [3.05, 3.63) is 58.7 Å². The Morgan fingerprint density at radius 1 is 1.18 bits per heavy atom. The van der Waals surface area contributed by atoms with Crippen molar-refractivity contribution >= 4 is 29.3 Å². The summed E-state index contributed by atoms with van der Waals surface area (Å²) in [6.45, 7) is 3.26. The lowest BCUT2D eigenvalue weighted by atomic mass is 9.92. The van der Waals surface area contributed by atoms with Gasteiger partial charge in [-0.2, -0.15) is 0 Å². The number of anilines is 1. The van der Waals surface area contributed by atoms with Gasteiger partial charge in [0.1, 0.15) is 5.75 Å². The number of nitrogens with two attached hydrogens (primary N) is 1. The third kappa shape index (κ3) is 5.45. The van der Waals surface area contributed by atoms with Crippen LogP contribution in [0.25, 0.3) is 0 Å². The number of carbonyl (C=O) groups excluding carboxylic acids is 2. The smallest absolute Gasteiger partial charge is 0.304 e. The summed E-state index contributed by atoms with van der Waals surface area (Å²) < 4.78 is 5.33. The van der Waals surface area contributed by atoms with Gasteiger partial charge in [0, 0.05) is 35.5 Å². The van der Waals surface area contributed by atoms with E-state index in [9.17, 15) is 19.5 Å². The van der Waals surface area contributed by atoms with Gasteiger partial charge in [0.05, 0.1) is 19.4 Å². The monoisotopic (exact) mass is 468 g/mol. The molecule has 180 valence electrons. The molecule has 1 saturated heterocycles. The number of amides is 2. The number of hydrogen-bond donors (Lipinski definition) is 4. The quantitative estimate of drug-likeness (QED) is 0.201. The van der Waals surface area contributed by atoms with Crippen LogP contribution in [-0.4, -0.2) is 59.0 Å². The molecule has 1 aliphatic heterocycles. The SMILES string of the molecule is COc1ccc(C(N)=NO)cc1C(CC(=O)O)C(=O)Nc1ccc(C(=O)N2CCCC2)c(C)c1. The summed E-state index contributed by atoms with van der Waals surface area (Å²) >= 11 is 0. The molecule has 1 atom stereocenters. The zero-order valence-corrected chi connectivity index (χ0v) is 19.1. The molecule has 10 nitrogen and oxygen atoms in total. The normalized spacial score (nSPS) is 14.5. The van der Waals surface area contributed by atoms with Crippen molar-refractivity contribution < 1.29 is 29.4 Å². The second-order valence-corrected chi connectivity index (χ2v) is 8.11. The molecule has 1 aliphatic rings. The Morgan fingerprint density at radius 2 is 1.88 bits per heavy atom. The molecule has 2 aromatic carbocycles. The van der Waals surface area contributed by atoms with Crippen LogP contribution in [0.1, 0.15) is 52.2 Å². The average Bonchev–Trinajstić information content (AvgIpc) is 3.36. The van der Waals surface area contributed by atoms with E-state index in [1.54, 1.807) is 25.1 Å². The fourth-order valence-corrected chi connectivity index (χ4v) is 4.04. The number of carboxylic acid groups (broad SMARTS) is 1. The van der Waals surface area contributed by atoms with Crippen molar-refractivity contribution in [3.8, 4) is 5.75 Å². The van der Waals surface area contributed by atoms with Crippen LogP contribution in [0.3, 0.4) is 0 Å². The Morgan fingerprint density at radius 3 is 2.47 bits per heavy atom. The van der Waals surface area contributed by atoms with Gasteiger partial charge in [-0.1, -0.05) is 5.16 Å². The van der Waals surface area contributed by atoms with Crippen molar-refractivity contribution in [2.24, 2.45) is 10.9 Å². The van der Waals surface area contributed by atoms with Gasteiger partial charge in [-0.05, 0) is 61.7 Å². The lowest BCUT2D eigenvalue weighted by Crippen LogP contribution is -2.28. The molecule has 2 amide bonds. The minimum Gasteiger partial charge on any atom is -0.496 e. The van der Waals surface area contributed by atoms with Gasteiger partial charge in [-0.3, -0.25) is 14.4 Å². The summed E-state index contributed by atoms with van der Waals surface area (Å²) in [4.78, 5) is 39.3. The molecule has 2 aromatic rings. The number of aliphatic carboxylic acids is 1. The van der Waals surface area contributed by atoms with Crippen molar-refractivity contribution in [3.63, 3.8) is 0 Å². The van der Waals surface area contributed by atoms with E-state index in [0.29, 0.717) is 28.1 Å². The standard InChI is InChI=1S/C24H28N4O6/c1-14-11-16(6-7-17(14)24(32)28-9-3-4-10-28)26-23(31)19(13-21(29)30)18-12-15(22(25)27-33)5-8-20(18)34-2/h5-8,11-12,19,33H,3-4,9-10,13H2,1-2H3,(H2,25,27)(H,26,31)(H,29,30). The maximum absolute atomic E-state index is 13.2. The van der Waals surface area contributed by atoms with E-state index in [0.717, 1.165) is 25.9 Å². The largest absolute Gasteiger partial charge is 0.496 e. The number of aryl methyl sites for hydroxylation is 1. The lowest BCUT2D eigenvalue weighted by molar-refractivity contribution is -0.139. The number of rotatable bonds is 8. The van der Waals surface area contributed by atoms with E-state index in [-0.39, 0.29) is 17.3 Å². The predicted molar refractivity (Wildman–Crippen MR) is 125 cm³/mol. The highest BCUT2D eigenvalue weighted by atomic mass is 16.5. The number of carbonyl (C=O) groups is 3. The Hall–Kier alpha value is -4.08. The molecule has 5 N–H and O–H groups in total. The van der Waals surface area contributed by atoms with Crippen molar-refractivity contribution in [2.45, 2.75) is 32.1 Å². The van der Waals surface area contributed by atoms with Crippen LogP contribution in [0.4, 0.5) is 5.69 Å². The number of ether oxygens (including phenoxy) is 1. The number of nitrogens with one attached hydrogen (secondary N) is 1. The third-order valence-electron chi connectivity index (χ3n) is 5.82. The van der Waals surface area contributed by atoms with Crippen LogP contribution in [0.2, 0.25) is 0 Å². The van der Waals surface area contributed by atoms with Gasteiger partial charge in [0.25, 0.3) is 5.91 Å². The predicted octanol–water partition coefficient (Wildman–Crippen LogP) is 2.53. The molecule has 1 fully saturated rings. The molecule has 34 heavy (non-hydrogen) atoms. The number of oxime groups is 1. The van der Waals surface area contributed by atoms with Crippen molar-refractivity contribution in [1.82, 2.24) is 4.90 Å². The number of hydrogen-bond acceptors (Lipinski definition) is 6. The Balaban J connectivity index is 1.89. The number of methoxy groups -OCH3 is 1. The van der Waals surface area contributed by atoms with Gasteiger partial charge in [0.15, 0.2) is 5.84 Å². The first kappa shape index (κ1) is 24.6. The molecule has 0 aliphatic carbocycles. The number of amidine groups is 1. The van der Waals surface area contributed by atoms with Crippen molar-refractivity contribution in [2.75, 3.05) is 25.5 Å². The first-order chi connectivity index (χ1) is 16.2. The van der Waals surface area contributed by atoms with Gasteiger partial charge < -0.3 is 31.0 Å². The first-order valence-corrected chi connectivity index (χ1v) is 10.8. The maximum Gasteiger partial charge on any atom is 0.304 e. The highest BCUT2D eigenvalue weighted by Crippen LogP contribution is 2.32. The fourth-order valence-electron chi connectivity index (χ4n) is 4.04. The lowest BCUT2D eigenvalue weighted by Gasteiger charge is -2.20. The summed E-state index contributed by atoms with van der Waals surface area (Å²) in [6.07, 6.45) is 1.47. The number of carboxylic acids is 1. The molecule has 1 unspecified atom stereocenters. The second kappa shape index (κ2) is 10.7. The Kier molecular flexibility index (Phi) is 7.72. The Bertz CT molecular complexity index is 1120. The highest BCUT2D eigenvalue weighted by molar-refractivity contribution is 6.01.